The Morgan fingerprint density at radius 3 is 1.08 bits per heavy atom. The third-order valence-corrected chi connectivity index (χ3v) is 6.99. The summed E-state index contributed by atoms with van der Waals surface area (Å²) in [7, 11) is 0. The average molecular weight is 491 g/mol. The van der Waals surface area contributed by atoms with Gasteiger partial charge in [0, 0.05) is 13.1 Å². The topological polar surface area (TPSA) is 78.1 Å². The molecule has 0 unspecified atom stereocenters. The number of nitrogens with zero attached hydrogens (tertiary/aromatic N) is 2. The maximum absolute atomic E-state index is 13.8. The van der Waals surface area contributed by atoms with Crippen LogP contribution in [0.15, 0.2) is 31.3 Å². The predicted octanol–water partition coefficient (Wildman–Crippen LogP) is 4.97. The molecule has 0 amide bonds. The van der Waals surface area contributed by atoms with E-state index in [1.54, 1.807) is 0 Å². The molecule has 6 nitrogen and oxygen atoms in total. The van der Waals surface area contributed by atoms with Crippen LogP contribution < -0.4 is 22.2 Å². The molecule has 0 aliphatic heterocycles. The van der Waals surface area contributed by atoms with Crippen molar-refractivity contribution in [3.8, 4) is 0 Å². The Kier molecular flexibility index (Phi) is 5.97. The Hall–Kier alpha value is -3.02. The Morgan fingerprint density at radius 1 is 0.556 bits per heavy atom. The van der Waals surface area contributed by atoms with Crippen LogP contribution in [0.5, 0.6) is 0 Å². The molecule has 0 spiro atoms. The molecule has 4 aromatic rings. The molecule has 2 aromatic heterocycles. The molecule has 0 saturated carbocycles. The summed E-state index contributed by atoms with van der Waals surface area (Å²) in [5.41, 5.74) is -0.673. The van der Waals surface area contributed by atoms with Gasteiger partial charge in [0.05, 0.1) is 21.5 Å². The molecule has 6 heteroatoms. The zero-order valence-corrected chi connectivity index (χ0v) is 23.3. The quantitative estimate of drug-likeness (QED) is 0.405. The van der Waals surface area contributed by atoms with Gasteiger partial charge in [-0.25, -0.2) is 0 Å². The van der Waals surface area contributed by atoms with Crippen LogP contribution in [0.2, 0.25) is 0 Å². The highest BCUT2D eigenvalue weighted by Gasteiger charge is 2.31. The molecule has 0 fully saturated rings. The van der Waals surface area contributed by atoms with Gasteiger partial charge in [-0.05, 0) is 56.7 Å². The summed E-state index contributed by atoms with van der Waals surface area (Å²) >= 11 is 0. The summed E-state index contributed by atoms with van der Waals surface area (Å²) in [6.45, 7) is 20.6. The zero-order valence-electron chi connectivity index (χ0n) is 23.3. The lowest BCUT2D eigenvalue weighted by molar-refractivity contribution is 0.508. The first-order chi connectivity index (χ1) is 16.5. The van der Waals surface area contributed by atoms with E-state index in [4.69, 9.17) is 0 Å². The fraction of sp³-hybridized carbons (Fsp3) is 0.533. The molecule has 0 bridgehead atoms. The van der Waals surface area contributed by atoms with Crippen LogP contribution in [0.25, 0.3) is 32.3 Å². The van der Waals surface area contributed by atoms with Crippen LogP contribution in [0.1, 0.15) is 80.4 Å². The van der Waals surface area contributed by atoms with Crippen LogP contribution in [-0.2, 0) is 23.9 Å². The molecule has 0 saturated heterocycles. The van der Waals surface area contributed by atoms with E-state index in [1.165, 1.54) is 9.13 Å². The van der Waals surface area contributed by atoms with E-state index in [2.05, 4.69) is 0 Å². The van der Waals surface area contributed by atoms with Crippen LogP contribution in [-0.4, -0.2) is 9.13 Å². The first kappa shape index (κ1) is 26.1. The van der Waals surface area contributed by atoms with Gasteiger partial charge in [0.1, 0.15) is 0 Å². The molecular weight excluding hydrogens is 452 g/mol. The summed E-state index contributed by atoms with van der Waals surface area (Å²) < 4.78 is 2.68. The highest BCUT2D eigenvalue weighted by Crippen LogP contribution is 2.39. The second-order valence-corrected chi connectivity index (χ2v) is 13.2. The minimum Gasteiger partial charge on any atom is -0.274 e. The second-order valence-electron chi connectivity index (χ2n) is 13.2. The van der Waals surface area contributed by atoms with Gasteiger partial charge in [-0.2, -0.15) is 0 Å². The largest absolute Gasteiger partial charge is 0.274 e. The predicted molar refractivity (Wildman–Crippen MR) is 149 cm³/mol. The summed E-state index contributed by atoms with van der Waals surface area (Å²) in [5.74, 6) is 0.240. The van der Waals surface area contributed by atoms with Gasteiger partial charge in [-0.1, -0.05) is 69.2 Å². The summed E-state index contributed by atoms with van der Waals surface area (Å²) in [5, 5.41) is 2.74. The minimum atomic E-state index is -0.457. The van der Waals surface area contributed by atoms with Gasteiger partial charge in [-0.15, -0.1) is 0 Å². The Bertz CT molecular complexity index is 1600. The maximum atomic E-state index is 13.8. The Morgan fingerprint density at radius 2 is 0.833 bits per heavy atom. The van der Waals surface area contributed by atoms with E-state index in [0.717, 1.165) is 11.1 Å². The molecule has 2 heterocycles. The van der Waals surface area contributed by atoms with E-state index in [1.807, 2.05) is 81.4 Å². The zero-order chi connectivity index (χ0) is 27.1. The first-order valence-corrected chi connectivity index (χ1v) is 12.9. The molecule has 4 rings (SSSR count). The van der Waals surface area contributed by atoms with Gasteiger partial charge in [0.25, 0.3) is 22.2 Å². The fourth-order valence-electron chi connectivity index (χ4n) is 5.40. The molecule has 0 radical (unpaired) electrons. The second kappa shape index (κ2) is 8.25. The van der Waals surface area contributed by atoms with E-state index in [9.17, 15) is 19.2 Å². The lowest BCUT2D eigenvalue weighted by atomic mass is 9.79. The molecule has 192 valence electrons. The molecule has 36 heavy (non-hydrogen) atoms. The highest BCUT2D eigenvalue weighted by atomic mass is 16.2. The third kappa shape index (κ3) is 3.86. The maximum Gasteiger partial charge on any atom is 0.262 e. The van der Waals surface area contributed by atoms with Crippen LogP contribution >= 0.6 is 0 Å². The molecule has 0 N–H and O–H groups in total. The van der Waals surface area contributed by atoms with Crippen molar-refractivity contribution in [3.05, 3.63) is 64.7 Å². The average Bonchev–Trinajstić information content (AvgIpc) is 3.11. The van der Waals surface area contributed by atoms with Gasteiger partial charge in [0.15, 0.2) is 0 Å². The van der Waals surface area contributed by atoms with Crippen molar-refractivity contribution in [2.45, 2.75) is 93.2 Å². The number of aromatic nitrogens is 2. The molecule has 0 atom stereocenters. The van der Waals surface area contributed by atoms with Crippen molar-refractivity contribution in [3.63, 3.8) is 0 Å². The van der Waals surface area contributed by atoms with Crippen molar-refractivity contribution >= 4 is 32.3 Å². The molecular formula is C30H38N2O4. The highest BCUT2D eigenvalue weighted by molar-refractivity contribution is 6.19. The summed E-state index contributed by atoms with van der Waals surface area (Å²) in [4.78, 5) is 54.9. The number of hydrogen-bond donors (Lipinski definition) is 0. The van der Waals surface area contributed by atoms with Crippen molar-refractivity contribution in [1.82, 2.24) is 9.13 Å². The van der Waals surface area contributed by atoms with E-state index < -0.39 is 10.8 Å². The third-order valence-electron chi connectivity index (χ3n) is 6.99. The van der Waals surface area contributed by atoms with Crippen molar-refractivity contribution in [1.29, 1.82) is 0 Å². The number of fused-ring (bicyclic) bond motifs is 5. The summed E-state index contributed by atoms with van der Waals surface area (Å²) in [6, 6.07) is 3.76. The normalized spacial score (nSPS) is 13.3. The van der Waals surface area contributed by atoms with Crippen molar-refractivity contribution in [2.24, 2.45) is 11.8 Å². The first-order valence-electron chi connectivity index (χ1n) is 12.9. The van der Waals surface area contributed by atoms with Crippen LogP contribution in [0.3, 0.4) is 0 Å². The molecule has 0 aliphatic rings. The summed E-state index contributed by atoms with van der Waals surface area (Å²) in [6.07, 6.45) is 0. The van der Waals surface area contributed by atoms with Crippen molar-refractivity contribution in [2.75, 3.05) is 0 Å². The van der Waals surface area contributed by atoms with Gasteiger partial charge >= 0.3 is 0 Å². The number of benzene rings is 2. The lowest BCUT2D eigenvalue weighted by Gasteiger charge is -2.23. The standard InChI is InChI=1S/C30H38N2O4/c1-15(2)13-31-25(33)21-17-11-20(30(8,9)10)24-22(26(34)32(28(24)36)14-16(3)4)18(17)12-19(29(5,6)7)23(21)27(31)35/h11-12,15-16H,13-14H2,1-10H3. The number of rotatable bonds is 4. The van der Waals surface area contributed by atoms with Gasteiger partial charge < -0.3 is 0 Å². The van der Waals surface area contributed by atoms with Gasteiger partial charge in [0.2, 0.25) is 0 Å². The fourth-order valence-corrected chi connectivity index (χ4v) is 5.40. The monoisotopic (exact) mass is 490 g/mol. The Balaban J connectivity index is 2.41. The van der Waals surface area contributed by atoms with E-state index in [0.29, 0.717) is 45.4 Å². The number of hydrogen-bond acceptors (Lipinski definition) is 4. The van der Waals surface area contributed by atoms with Crippen LogP contribution in [0.4, 0.5) is 0 Å². The Labute approximate surface area is 211 Å². The molecule has 2 aromatic carbocycles. The van der Waals surface area contributed by atoms with E-state index in [-0.39, 0.29) is 34.1 Å². The molecule has 0 aliphatic carbocycles. The SMILES string of the molecule is CC(C)Cn1c(=O)c2c(C(C)(C)C)cc3c(cc(C(C)(C)C)c4c(=O)n(CC(C)C)c(=O)c43)c2c1=O. The smallest absolute Gasteiger partial charge is 0.262 e. The lowest BCUT2D eigenvalue weighted by Crippen LogP contribution is -2.28. The van der Waals surface area contributed by atoms with Crippen molar-refractivity contribution < 1.29 is 0 Å². The van der Waals surface area contributed by atoms with Gasteiger partial charge in [-0.3, -0.25) is 28.3 Å². The van der Waals surface area contributed by atoms with E-state index >= 15 is 0 Å². The minimum absolute atomic E-state index is 0.120. The van der Waals surface area contributed by atoms with Crippen LogP contribution in [0, 0.1) is 11.8 Å².